The number of halogens is 4. The van der Waals surface area contributed by atoms with E-state index in [0.717, 1.165) is 24.3 Å². The van der Waals surface area contributed by atoms with E-state index in [9.17, 15) is 26.0 Å². The lowest BCUT2D eigenvalue weighted by atomic mass is 10.1. The Morgan fingerprint density at radius 3 is 2.50 bits per heavy atom. The number of alkyl halides is 3. The Balaban J connectivity index is 2.41. The highest BCUT2D eigenvalue weighted by Crippen LogP contribution is 2.35. The number of benzene rings is 1. The maximum Gasteiger partial charge on any atom is 0.405 e. The van der Waals surface area contributed by atoms with E-state index in [1.807, 2.05) is 0 Å². The maximum atomic E-state index is 13.1. The Morgan fingerprint density at radius 2 is 1.90 bits per heavy atom. The standard InChI is InChI=1S/C12H13F4NO2S/c13-9-4-3-5-10(8-9)20(18,19)17-7-2-1-6-11(17)12(14,15)16/h3-5,8,11H,1-2,6-7H2. The summed E-state index contributed by atoms with van der Waals surface area (Å²) in [6, 6.07) is 1.99. The van der Waals surface area contributed by atoms with Gasteiger partial charge in [-0.25, -0.2) is 12.8 Å². The molecule has 0 amide bonds. The van der Waals surface area contributed by atoms with Gasteiger partial charge in [0.2, 0.25) is 10.0 Å². The number of sulfonamides is 1. The van der Waals surface area contributed by atoms with Gasteiger partial charge in [-0.15, -0.1) is 0 Å². The fraction of sp³-hybridized carbons (Fsp3) is 0.500. The zero-order chi connectivity index (χ0) is 15.0. The van der Waals surface area contributed by atoms with Crippen LogP contribution in [0, 0.1) is 5.82 Å². The summed E-state index contributed by atoms with van der Waals surface area (Å²) >= 11 is 0. The topological polar surface area (TPSA) is 37.4 Å². The van der Waals surface area contributed by atoms with Gasteiger partial charge in [-0.1, -0.05) is 12.5 Å². The SMILES string of the molecule is O=S(=O)(c1cccc(F)c1)N1CCCCC1C(F)(F)F. The highest BCUT2D eigenvalue weighted by atomic mass is 32.2. The maximum absolute atomic E-state index is 13.1. The average Bonchev–Trinajstić information content (AvgIpc) is 2.38. The van der Waals surface area contributed by atoms with Crippen LogP contribution in [-0.2, 0) is 10.0 Å². The lowest BCUT2D eigenvalue weighted by Gasteiger charge is -2.35. The molecule has 0 radical (unpaired) electrons. The molecule has 1 heterocycles. The van der Waals surface area contributed by atoms with Crippen LogP contribution in [-0.4, -0.2) is 31.5 Å². The largest absolute Gasteiger partial charge is 0.405 e. The van der Waals surface area contributed by atoms with Gasteiger partial charge in [0.05, 0.1) is 4.90 Å². The zero-order valence-corrected chi connectivity index (χ0v) is 11.2. The van der Waals surface area contributed by atoms with E-state index in [2.05, 4.69) is 0 Å². The van der Waals surface area contributed by atoms with E-state index in [1.165, 1.54) is 0 Å². The monoisotopic (exact) mass is 311 g/mol. The van der Waals surface area contributed by atoms with Crippen LogP contribution in [0.4, 0.5) is 17.6 Å². The van der Waals surface area contributed by atoms with Crippen molar-refractivity contribution >= 4 is 10.0 Å². The molecule has 8 heteroatoms. The van der Waals surface area contributed by atoms with Crippen molar-refractivity contribution in [2.24, 2.45) is 0 Å². The van der Waals surface area contributed by atoms with Gasteiger partial charge < -0.3 is 0 Å². The lowest BCUT2D eigenvalue weighted by molar-refractivity contribution is -0.177. The van der Waals surface area contributed by atoms with Crippen LogP contribution in [0.2, 0.25) is 0 Å². The molecule has 3 nitrogen and oxygen atoms in total. The van der Waals surface area contributed by atoms with Gasteiger partial charge in [-0.2, -0.15) is 17.5 Å². The van der Waals surface area contributed by atoms with Crippen molar-refractivity contribution in [2.45, 2.75) is 36.4 Å². The molecule has 1 aliphatic rings. The molecule has 0 saturated carbocycles. The van der Waals surface area contributed by atoms with Gasteiger partial charge in [-0.3, -0.25) is 0 Å². The van der Waals surface area contributed by atoms with E-state index in [1.54, 1.807) is 0 Å². The van der Waals surface area contributed by atoms with Gasteiger partial charge in [0.1, 0.15) is 11.9 Å². The summed E-state index contributed by atoms with van der Waals surface area (Å²) in [4.78, 5) is -0.450. The van der Waals surface area contributed by atoms with Gasteiger partial charge in [0, 0.05) is 6.54 Å². The van der Waals surface area contributed by atoms with Crippen molar-refractivity contribution in [2.75, 3.05) is 6.54 Å². The van der Waals surface area contributed by atoms with Crippen molar-refractivity contribution in [3.8, 4) is 0 Å². The lowest BCUT2D eigenvalue weighted by Crippen LogP contribution is -2.51. The normalized spacial score (nSPS) is 21.9. The molecule has 0 bridgehead atoms. The van der Waals surface area contributed by atoms with E-state index in [-0.39, 0.29) is 13.0 Å². The molecule has 2 rings (SSSR count). The highest BCUT2D eigenvalue weighted by molar-refractivity contribution is 7.89. The second kappa shape index (κ2) is 5.33. The molecular weight excluding hydrogens is 298 g/mol. The van der Waals surface area contributed by atoms with Crippen molar-refractivity contribution in [3.63, 3.8) is 0 Å². The van der Waals surface area contributed by atoms with Gasteiger partial charge >= 0.3 is 6.18 Å². The molecule has 1 fully saturated rings. The van der Waals surface area contributed by atoms with Crippen molar-refractivity contribution in [3.05, 3.63) is 30.1 Å². The third-order valence-electron chi connectivity index (χ3n) is 3.23. The molecule has 1 atom stereocenters. The molecule has 0 N–H and O–H groups in total. The summed E-state index contributed by atoms with van der Waals surface area (Å²) < 4.78 is 76.8. The van der Waals surface area contributed by atoms with Crippen LogP contribution in [0.25, 0.3) is 0 Å². The van der Waals surface area contributed by atoms with E-state index in [4.69, 9.17) is 0 Å². The molecular formula is C12H13F4NO2S. The number of rotatable bonds is 2. The molecule has 112 valence electrons. The highest BCUT2D eigenvalue weighted by Gasteiger charge is 2.49. The second-order valence-corrected chi connectivity index (χ2v) is 6.52. The molecule has 1 saturated heterocycles. The molecule has 1 aromatic carbocycles. The van der Waals surface area contributed by atoms with Crippen molar-refractivity contribution in [1.29, 1.82) is 0 Å². The van der Waals surface area contributed by atoms with Crippen LogP contribution in [0.15, 0.2) is 29.2 Å². The van der Waals surface area contributed by atoms with Gasteiger partial charge in [0.15, 0.2) is 0 Å². The Hall–Kier alpha value is -1.15. The average molecular weight is 311 g/mol. The summed E-state index contributed by atoms with van der Waals surface area (Å²) in [7, 11) is -4.34. The van der Waals surface area contributed by atoms with Crippen LogP contribution in [0.3, 0.4) is 0 Å². The molecule has 1 aliphatic heterocycles. The smallest absolute Gasteiger partial charge is 0.207 e. The molecule has 1 unspecified atom stereocenters. The Kier molecular flexibility index (Phi) is 4.06. The zero-order valence-electron chi connectivity index (χ0n) is 10.4. The molecule has 20 heavy (non-hydrogen) atoms. The first-order chi connectivity index (χ1) is 9.23. The van der Waals surface area contributed by atoms with Gasteiger partial charge in [-0.05, 0) is 31.0 Å². The van der Waals surface area contributed by atoms with Crippen LogP contribution < -0.4 is 0 Å². The summed E-state index contributed by atoms with van der Waals surface area (Å²) in [5.41, 5.74) is 0. The number of hydrogen-bond acceptors (Lipinski definition) is 2. The minimum Gasteiger partial charge on any atom is -0.207 e. The summed E-state index contributed by atoms with van der Waals surface area (Å²) in [6.45, 7) is -0.205. The Bertz CT molecular complexity index is 585. The van der Waals surface area contributed by atoms with Crippen LogP contribution in [0.5, 0.6) is 0 Å². The minimum atomic E-state index is -4.62. The molecule has 0 aromatic heterocycles. The van der Waals surface area contributed by atoms with Crippen molar-refractivity contribution < 1.29 is 26.0 Å². The van der Waals surface area contributed by atoms with Crippen LogP contribution >= 0.6 is 0 Å². The first kappa shape index (κ1) is 15.2. The second-order valence-electron chi connectivity index (χ2n) is 4.63. The number of hydrogen-bond donors (Lipinski definition) is 0. The summed E-state index contributed by atoms with van der Waals surface area (Å²) in [6.07, 6.45) is -4.21. The van der Waals surface area contributed by atoms with E-state index in [0.29, 0.717) is 17.1 Å². The molecule has 0 spiro atoms. The third kappa shape index (κ3) is 2.95. The first-order valence-corrected chi connectivity index (χ1v) is 7.51. The number of piperidine rings is 1. The quantitative estimate of drug-likeness (QED) is 0.788. The van der Waals surface area contributed by atoms with Gasteiger partial charge in [0.25, 0.3) is 0 Å². The first-order valence-electron chi connectivity index (χ1n) is 6.07. The van der Waals surface area contributed by atoms with E-state index < -0.39 is 33.0 Å². The fourth-order valence-corrected chi connectivity index (χ4v) is 3.99. The molecule has 1 aromatic rings. The fourth-order valence-electron chi connectivity index (χ4n) is 2.28. The predicted octanol–water partition coefficient (Wildman–Crippen LogP) is 2.93. The minimum absolute atomic E-state index is 0.205. The third-order valence-corrected chi connectivity index (χ3v) is 5.14. The predicted molar refractivity (Wildman–Crippen MR) is 64.0 cm³/mol. The number of nitrogens with zero attached hydrogens (tertiary/aromatic N) is 1. The van der Waals surface area contributed by atoms with E-state index >= 15 is 0 Å². The van der Waals surface area contributed by atoms with Crippen LogP contribution in [0.1, 0.15) is 19.3 Å². The Morgan fingerprint density at radius 1 is 1.20 bits per heavy atom. The summed E-state index contributed by atoms with van der Waals surface area (Å²) in [5, 5.41) is 0. The molecule has 0 aliphatic carbocycles. The summed E-state index contributed by atoms with van der Waals surface area (Å²) in [5.74, 6) is -0.799. The Labute approximate surface area is 114 Å². The van der Waals surface area contributed by atoms with Crippen molar-refractivity contribution in [1.82, 2.24) is 4.31 Å².